The van der Waals surface area contributed by atoms with E-state index in [1.807, 2.05) is 6.07 Å². The zero-order chi connectivity index (χ0) is 19.2. The summed E-state index contributed by atoms with van der Waals surface area (Å²) in [5.74, 6) is 0.433. The molecule has 0 bridgehead atoms. The number of nitrogens with one attached hydrogen (secondary N) is 1. The van der Waals surface area contributed by atoms with Crippen molar-refractivity contribution in [3.8, 4) is 11.5 Å². The molecule has 1 saturated heterocycles. The molecule has 0 spiro atoms. The number of fused-ring (bicyclic) bond motifs is 3. The molecule has 8 heteroatoms. The van der Waals surface area contributed by atoms with Gasteiger partial charge in [-0.05, 0) is 51.1 Å². The lowest BCUT2D eigenvalue weighted by molar-refractivity contribution is 0.176. The molecule has 2 aliphatic heterocycles. The van der Waals surface area contributed by atoms with Crippen LogP contribution in [0, 0.1) is 5.82 Å². The summed E-state index contributed by atoms with van der Waals surface area (Å²) in [5, 5.41) is 3.29. The first-order valence-electron chi connectivity index (χ1n) is 9.08. The molecule has 0 aromatic heterocycles. The Hall–Kier alpha value is -1.83. The van der Waals surface area contributed by atoms with Crippen LogP contribution in [0.5, 0.6) is 11.5 Å². The topological polar surface area (TPSA) is 64.6 Å². The van der Waals surface area contributed by atoms with Crippen LogP contribution in [0.15, 0.2) is 46.2 Å². The van der Waals surface area contributed by atoms with E-state index in [1.54, 1.807) is 26.0 Å². The van der Waals surface area contributed by atoms with E-state index in [1.165, 1.54) is 12.1 Å². The van der Waals surface area contributed by atoms with Crippen LogP contribution >= 0.6 is 12.4 Å². The number of rotatable bonds is 4. The number of piperidine rings is 1. The first-order chi connectivity index (χ1) is 12.8. The van der Waals surface area contributed by atoms with Gasteiger partial charge in [-0.25, -0.2) is 12.8 Å². The highest BCUT2D eigenvalue weighted by Crippen LogP contribution is 2.42. The Morgan fingerprint density at radius 3 is 2.71 bits per heavy atom. The highest BCUT2D eigenvalue weighted by Gasteiger charge is 2.37. The van der Waals surface area contributed by atoms with Crippen LogP contribution in [0.2, 0.25) is 0 Å². The molecule has 0 saturated carbocycles. The molecule has 0 amide bonds. The molecule has 0 radical (unpaired) electrons. The van der Waals surface area contributed by atoms with E-state index in [4.69, 9.17) is 9.47 Å². The van der Waals surface area contributed by atoms with Crippen molar-refractivity contribution in [1.82, 2.24) is 5.32 Å². The van der Waals surface area contributed by atoms with E-state index in [2.05, 4.69) is 5.32 Å². The first-order valence-corrected chi connectivity index (χ1v) is 10.6. The summed E-state index contributed by atoms with van der Waals surface area (Å²) in [6.07, 6.45) is 0.809. The van der Waals surface area contributed by atoms with Crippen LogP contribution in [0.1, 0.15) is 31.7 Å². The number of halogens is 2. The zero-order valence-corrected chi connectivity index (χ0v) is 17.3. The van der Waals surface area contributed by atoms with Gasteiger partial charge in [-0.3, -0.25) is 0 Å². The maximum Gasteiger partial charge on any atom is 0.206 e. The Morgan fingerprint density at radius 1 is 1.18 bits per heavy atom. The van der Waals surface area contributed by atoms with Crippen LogP contribution in [-0.4, -0.2) is 33.7 Å². The van der Waals surface area contributed by atoms with Crippen molar-refractivity contribution in [3.63, 3.8) is 0 Å². The molecule has 0 aliphatic carbocycles. The third-order valence-corrected chi connectivity index (χ3v) is 6.66. The van der Waals surface area contributed by atoms with Crippen molar-refractivity contribution in [2.24, 2.45) is 0 Å². The van der Waals surface area contributed by atoms with Gasteiger partial charge in [-0.2, -0.15) is 0 Å². The van der Waals surface area contributed by atoms with Gasteiger partial charge in [0.15, 0.2) is 0 Å². The molecule has 2 atom stereocenters. The van der Waals surface area contributed by atoms with Gasteiger partial charge in [0.2, 0.25) is 9.84 Å². The molecule has 2 aliphatic rings. The second-order valence-corrected chi connectivity index (χ2v) is 9.20. The van der Waals surface area contributed by atoms with Crippen molar-refractivity contribution in [1.29, 1.82) is 0 Å². The number of hydrogen-bond acceptors (Lipinski definition) is 5. The third kappa shape index (κ3) is 3.83. The molecule has 5 nitrogen and oxygen atoms in total. The number of sulfone groups is 1. The number of benzene rings is 2. The Balaban J connectivity index is 0.00000225. The predicted octanol–water partition coefficient (Wildman–Crippen LogP) is 3.71. The monoisotopic (exact) mass is 427 g/mol. The van der Waals surface area contributed by atoms with Gasteiger partial charge in [0.25, 0.3) is 0 Å². The van der Waals surface area contributed by atoms with Gasteiger partial charge in [-0.1, -0.05) is 6.07 Å². The standard InChI is InChI=1S/C20H22FNO4S.ClH/c1-12(2)25-14-7-13(21)8-16(9-14)27(23,24)15-3-4-17-18-5-6-22-11-20(18)26-19(17)10-15;/h3-4,7-10,12,18,20,22H,5-6,11H2,1-2H3;1H. The molecule has 2 aromatic carbocycles. The van der Waals surface area contributed by atoms with Crippen molar-refractivity contribution in [2.75, 3.05) is 13.1 Å². The van der Waals surface area contributed by atoms with E-state index < -0.39 is 15.7 Å². The quantitative estimate of drug-likeness (QED) is 0.805. The largest absolute Gasteiger partial charge is 0.491 e. The maximum absolute atomic E-state index is 14.0. The molecule has 152 valence electrons. The molecular formula is C20H23ClFNO4S. The number of ether oxygens (including phenoxy) is 2. The zero-order valence-electron chi connectivity index (χ0n) is 15.6. The molecular weight excluding hydrogens is 405 g/mol. The lowest BCUT2D eigenvalue weighted by Gasteiger charge is -2.24. The Labute approximate surface area is 170 Å². The molecule has 2 heterocycles. The SMILES string of the molecule is CC(C)Oc1cc(F)cc(S(=O)(=O)c2ccc3c(c2)OC2CNCCC32)c1.Cl. The van der Waals surface area contributed by atoms with Gasteiger partial charge in [0, 0.05) is 24.1 Å². The summed E-state index contributed by atoms with van der Waals surface area (Å²) < 4.78 is 51.5. The molecule has 1 fully saturated rings. The Bertz CT molecular complexity index is 980. The minimum atomic E-state index is -3.89. The van der Waals surface area contributed by atoms with Gasteiger partial charge >= 0.3 is 0 Å². The molecule has 28 heavy (non-hydrogen) atoms. The van der Waals surface area contributed by atoms with E-state index in [9.17, 15) is 12.8 Å². The minimum Gasteiger partial charge on any atom is -0.491 e. The minimum absolute atomic E-state index is 0. The fourth-order valence-corrected chi connectivity index (χ4v) is 5.05. The van der Waals surface area contributed by atoms with Crippen molar-refractivity contribution in [2.45, 2.75) is 48.2 Å². The molecule has 2 unspecified atom stereocenters. The second kappa shape index (κ2) is 7.89. The van der Waals surface area contributed by atoms with Gasteiger partial charge in [-0.15, -0.1) is 12.4 Å². The molecule has 2 aromatic rings. The van der Waals surface area contributed by atoms with Crippen LogP contribution in [0.4, 0.5) is 4.39 Å². The lowest BCUT2D eigenvalue weighted by atomic mass is 9.90. The third-order valence-electron chi connectivity index (χ3n) is 4.93. The summed E-state index contributed by atoms with van der Waals surface area (Å²) >= 11 is 0. The average Bonchev–Trinajstić information content (AvgIpc) is 2.98. The predicted molar refractivity (Wildman–Crippen MR) is 106 cm³/mol. The first kappa shape index (κ1) is 20.9. The highest BCUT2D eigenvalue weighted by atomic mass is 35.5. The fourth-order valence-electron chi connectivity index (χ4n) is 3.73. The van der Waals surface area contributed by atoms with Crippen LogP contribution in [-0.2, 0) is 9.84 Å². The molecule has 1 N–H and O–H groups in total. The molecule has 4 rings (SSSR count). The Morgan fingerprint density at radius 2 is 1.96 bits per heavy atom. The second-order valence-electron chi connectivity index (χ2n) is 7.25. The summed E-state index contributed by atoms with van der Waals surface area (Å²) in [5.41, 5.74) is 1.04. The summed E-state index contributed by atoms with van der Waals surface area (Å²) in [6.45, 7) is 5.27. The van der Waals surface area contributed by atoms with Gasteiger partial charge < -0.3 is 14.8 Å². The van der Waals surface area contributed by atoms with Crippen LogP contribution < -0.4 is 14.8 Å². The summed E-state index contributed by atoms with van der Waals surface area (Å²) in [4.78, 5) is -0.0378. The van der Waals surface area contributed by atoms with Crippen molar-refractivity contribution < 1.29 is 22.3 Å². The highest BCUT2D eigenvalue weighted by molar-refractivity contribution is 7.91. The van der Waals surface area contributed by atoms with E-state index >= 15 is 0 Å². The van der Waals surface area contributed by atoms with Gasteiger partial charge in [0.05, 0.1) is 15.9 Å². The number of hydrogen-bond donors (Lipinski definition) is 1. The Kier molecular flexibility index (Phi) is 5.89. The average molecular weight is 428 g/mol. The smallest absolute Gasteiger partial charge is 0.206 e. The summed E-state index contributed by atoms with van der Waals surface area (Å²) in [7, 11) is -3.89. The lowest BCUT2D eigenvalue weighted by Crippen LogP contribution is -2.39. The van der Waals surface area contributed by atoms with Gasteiger partial charge in [0.1, 0.15) is 23.4 Å². The van der Waals surface area contributed by atoms with E-state index in [0.29, 0.717) is 11.7 Å². The maximum atomic E-state index is 14.0. The van der Waals surface area contributed by atoms with Crippen LogP contribution in [0.25, 0.3) is 0 Å². The van der Waals surface area contributed by atoms with Crippen molar-refractivity contribution in [3.05, 3.63) is 47.8 Å². The van der Waals surface area contributed by atoms with E-state index in [-0.39, 0.29) is 40.2 Å². The fraction of sp³-hybridized carbons (Fsp3) is 0.400. The summed E-state index contributed by atoms with van der Waals surface area (Å²) in [6, 6.07) is 8.51. The normalized spacial score (nSPS) is 20.7. The van der Waals surface area contributed by atoms with Crippen molar-refractivity contribution >= 4 is 22.2 Å². The van der Waals surface area contributed by atoms with Crippen LogP contribution in [0.3, 0.4) is 0 Å². The van der Waals surface area contributed by atoms with E-state index in [0.717, 1.165) is 31.1 Å².